The molecule has 0 saturated heterocycles. The number of methoxy groups -OCH3 is 1. The van der Waals surface area contributed by atoms with Crippen molar-refractivity contribution < 1.29 is 27.5 Å². The average Bonchev–Trinajstić information content (AvgIpc) is 3.42. The van der Waals surface area contributed by atoms with Gasteiger partial charge in [-0.3, -0.25) is 9.59 Å². The number of benzene rings is 3. The SMILES string of the molecule is COCCCN(Cc1cccn1Cc1cccc(C(F)(F)F)c1)C(=O)CN(Cc1ccccc1)C(=O)c1cccc(Br)c1. The number of aromatic nitrogens is 1. The molecular formula is C33H33BrF3N3O3. The topological polar surface area (TPSA) is 54.8 Å². The number of hydrogen-bond acceptors (Lipinski definition) is 3. The lowest BCUT2D eigenvalue weighted by Gasteiger charge is -2.28. The minimum absolute atomic E-state index is 0.151. The number of alkyl halides is 3. The highest BCUT2D eigenvalue weighted by molar-refractivity contribution is 9.10. The third-order valence-corrected chi connectivity index (χ3v) is 7.41. The van der Waals surface area contributed by atoms with Crippen LogP contribution in [0, 0.1) is 0 Å². The highest BCUT2D eigenvalue weighted by Crippen LogP contribution is 2.30. The molecule has 0 saturated carbocycles. The summed E-state index contributed by atoms with van der Waals surface area (Å²) in [6, 6.07) is 25.4. The third kappa shape index (κ3) is 9.30. The van der Waals surface area contributed by atoms with Gasteiger partial charge < -0.3 is 19.1 Å². The summed E-state index contributed by atoms with van der Waals surface area (Å²) in [7, 11) is 1.59. The molecule has 0 spiro atoms. The first-order chi connectivity index (χ1) is 20.6. The van der Waals surface area contributed by atoms with Gasteiger partial charge in [-0.2, -0.15) is 13.2 Å². The molecule has 4 rings (SSSR count). The van der Waals surface area contributed by atoms with Crippen molar-refractivity contribution in [3.05, 3.63) is 130 Å². The van der Waals surface area contributed by atoms with Gasteiger partial charge >= 0.3 is 6.18 Å². The smallest absolute Gasteiger partial charge is 0.385 e. The Kier molecular flexibility index (Phi) is 11.2. The minimum atomic E-state index is -4.43. The number of carbonyl (C=O) groups is 2. The van der Waals surface area contributed by atoms with Crippen LogP contribution in [0.2, 0.25) is 0 Å². The van der Waals surface area contributed by atoms with E-state index in [-0.39, 0.29) is 38.0 Å². The zero-order valence-corrected chi connectivity index (χ0v) is 25.4. The zero-order valence-electron chi connectivity index (χ0n) is 23.8. The van der Waals surface area contributed by atoms with E-state index in [0.717, 1.165) is 27.9 Å². The largest absolute Gasteiger partial charge is 0.416 e. The fourth-order valence-corrected chi connectivity index (χ4v) is 5.15. The molecule has 0 N–H and O–H groups in total. The van der Waals surface area contributed by atoms with Crippen molar-refractivity contribution in [3.63, 3.8) is 0 Å². The Bertz CT molecular complexity index is 1510. The van der Waals surface area contributed by atoms with Crippen LogP contribution in [0.25, 0.3) is 0 Å². The maximum Gasteiger partial charge on any atom is 0.416 e. The Morgan fingerprint density at radius 1 is 0.860 bits per heavy atom. The van der Waals surface area contributed by atoms with E-state index in [2.05, 4.69) is 15.9 Å². The summed E-state index contributed by atoms with van der Waals surface area (Å²) >= 11 is 3.42. The van der Waals surface area contributed by atoms with Crippen molar-refractivity contribution in [1.29, 1.82) is 0 Å². The van der Waals surface area contributed by atoms with E-state index in [1.807, 2.05) is 47.0 Å². The van der Waals surface area contributed by atoms with Gasteiger partial charge in [-0.1, -0.05) is 64.5 Å². The predicted octanol–water partition coefficient (Wildman–Crippen LogP) is 7.03. The second-order valence-corrected chi connectivity index (χ2v) is 11.1. The molecule has 0 aliphatic rings. The lowest BCUT2D eigenvalue weighted by Crippen LogP contribution is -2.43. The summed E-state index contributed by atoms with van der Waals surface area (Å²) in [5.74, 6) is -0.523. The molecule has 0 radical (unpaired) electrons. The molecule has 4 aromatic rings. The van der Waals surface area contributed by atoms with Gasteiger partial charge in [0.25, 0.3) is 5.91 Å². The van der Waals surface area contributed by atoms with Crippen LogP contribution in [0.1, 0.15) is 39.2 Å². The van der Waals surface area contributed by atoms with E-state index in [0.29, 0.717) is 30.7 Å². The minimum Gasteiger partial charge on any atom is -0.385 e. The Morgan fingerprint density at radius 3 is 2.33 bits per heavy atom. The van der Waals surface area contributed by atoms with Gasteiger partial charge in [0.1, 0.15) is 6.54 Å². The second-order valence-electron chi connectivity index (χ2n) is 10.1. The standard InChI is InChI=1S/C33H33BrF3N3O3/c1-43-18-8-17-39(23-30-15-7-16-38(30)22-26-11-5-13-28(19-26)33(35,36)37)31(41)24-40(21-25-9-3-2-4-10-25)32(42)27-12-6-14-29(34)20-27/h2-7,9-16,19-20H,8,17-18,21-24H2,1H3. The van der Waals surface area contributed by atoms with Crippen LogP contribution in [-0.4, -0.2) is 53.0 Å². The lowest BCUT2D eigenvalue weighted by molar-refractivity contribution is -0.137. The normalized spacial score (nSPS) is 11.4. The van der Waals surface area contributed by atoms with Crippen molar-refractivity contribution >= 4 is 27.7 Å². The van der Waals surface area contributed by atoms with Gasteiger partial charge in [0.05, 0.1) is 12.1 Å². The fourth-order valence-electron chi connectivity index (χ4n) is 4.75. The Morgan fingerprint density at radius 2 is 1.60 bits per heavy atom. The zero-order chi connectivity index (χ0) is 30.8. The molecule has 0 aliphatic heterocycles. The Labute approximate surface area is 257 Å². The number of ether oxygens (including phenoxy) is 1. The number of rotatable bonds is 13. The number of carbonyl (C=O) groups excluding carboxylic acids is 2. The molecule has 3 aromatic carbocycles. The quantitative estimate of drug-likeness (QED) is 0.145. The van der Waals surface area contributed by atoms with E-state index >= 15 is 0 Å². The van der Waals surface area contributed by atoms with E-state index in [9.17, 15) is 22.8 Å². The summed E-state index contributed by atoms with van der Waals surface area (Å²) in [6.07, 6.45) is -2.07. The van der Waals surface area contributed by atoms with E-state index in [4.69, 9.17) is 4.74 Å². The average molecular weight is 657 g/mol. The predicted molar refractivity (Wildman–Crippen MR) is 162 cm³/mol. The molecule has 0 fully saturated rings. The molecule has 0 aliphatic carbocycles. The summed E-state index contributed by atoms with van der Waals surface area (Å²) in [6.45, 7) is 1.36. The summed E-state index contributed by atoms with van der Waals surface area (Å²) < 4.78 is 47.6. The van der Waals surface area contributed by atoms with Crippen molar-refractivity contribution in [1.82, 2.24) is 14.4 Å². The molecule has 6 nitrogen and oxygen atoms in total. The van der Waals surface area contributed by atoms with Crippen molar-refractivity contribution in [2.24, 2.45) is 0 Å². The molecule has 2 amide bonds. The number of nitrogens with zero attached hydrogens (tertiary/aromatic N) is 3. The van der Waals surface area contributed by atoms with Crippen molar-refractivity contribution in [2.75, 3.05) is 26.8 Å². The first-order valence-corrected chi connectivity index (χ1v) is 14.6. The van der Waals surface area contributed by atoms with Gasteiger partial charge in [-0.05, 0) is 60.0 Å². The maximum absolute atomic E-state index is 13.8. The van der Waals surface area contributed by atoms with Crippen LogP contribution in [0.3, 0.4) is 0 Å². The molecule has 0 bridgehead atoms. The molecular weight excluding hydrogens is 623 g/mol. The van der Waals surface area contributed by atoms with E-state index in [1.54, 1.807) is 48.5 Å². The van der Waals surface area contributed by atoms with Crippen LogP contribution >= 0.6 is 15.9 Å². The highest BCUT2D eigenvalue weighted by atomic mass is 79.9. The van der Waals surface area contributed by atoms with Crippen molar-refractivity contribution in [3.8, 4) is 0 Å². The van der Waals surface area contributed by atoms with Gasteiger partial charge in [-0.15, -0.1) is 0 Å². The fraction of sp³-hybridized carbons (Fsp3) is 0.273. The van der Waals surface area contributed by atoms with Gasteiger partial charge in [-0.25, -0.2) is 0 Å². The molecule has 226 valence electrons. The number of amides is 2. The number of halogens is 4. The van der Waals surface area contributed by atoms with Crippen LogP contribution in [0.4, 0.5) is 13.2 Å². The number of hydrogen-bond donors (Lipinski definition) is 0. The van der Waals surface area contributed by atoms with Crippen LogP contribution < -0.4 is 0 Å². The van der Waals surface area contributed by atoms with Crippen molar-refractivity contribution in [2.45, 2.75) is 32.2 Å². The first-order valence-electron chi connectivity index (χ1n) is 13.8. The third-order valence-electron chi connectivity index (χ3n) is 6.91. The van der Waals surface area contributed by atoms with Crippen LogP contribution in [0.5, 0.6) is 0 Å². The highest BCUT2D eigenvalue weighted by Gasteiger charge is 2.30. The Hall–Kier alpha value is -3.89. The molecule has 1 aromatic heterocycles. The summed E-state index contributed by atoms with van der Waals surface area (Å²) in [4.78, 5) is 30.7. The van der Waals surface area contributed by atoms with E-state index < -0.39 is 11.7 Å². The second kappa shape index (κ2) is 15.0. The maximum atomic E-state index is 13.8. The monoisotopic (exact) mass is 655 g/mol. The molecule has 10 heteroatoms. The molecule has 1 heterocycles. The molecule has 43 heavy (non-hydrogen) atoms. The molecule has 0 atom stereocenters. The van der Waals surface area contributed by atoms with Gasteiger partial charge in [0.15, 0.2) is 0 Å². The molecule has 0 unspecified atom stereocenters. The van der Waals surface area contributed by atoms with E-state index in [1.165, 1.54) is 11.0 Å². The first kappa shape index (κ1) is 32.0. The van der Waals surface area contributed by atoms with Gasteiger partial charge in [0, 0.05) is 55.3 Å². The summed E-state index contributed by atoms with van der Waals surface area (Å²) in [5, 5.41) is 0. The Balaban J connectivity index is 1.56. The summed E-state index contributed by atoms with van der Waals surface area (Å²) in [5.41, 5.74) is 1.90. The van der Waals surface area contributed by atoms with Crippen LogP contribution in [0.15, 0.2) is 102 Å². The lowest BCUT2D eigenvalue weighted by atomic mass is 10.1. The van der Waals surface area contributed by atoms with Crippen LogP contribution in [-0.2, 0) is 35.3 Å². The van der Waals surface area contributed by atoms with Gasteiger partial charge in [0.2, 0.25) is 5.91 Å².